The van der Waals surface area contributed by atoms with Crippen LogP contribution in [0.25, 0.3) is 0 Å². The van der Waals surface area contributed by atoms with Crippen LogP contribution < -0.4 is 11.5 Å². The molecule has 0 aliphatic heterocycles. The molecule has 0 spiro atoms. The lowest BCUT2D eigenvalue weighted by Gasteiger charge is -2.14. The molecule has 0 bridgehead atoms. The molecule has 1 rings (SSSR count). The van der Waals surface area contributed by atoms with E-state index >= 15 is 0 Å². The van der Waals surface area contributed by atoms with Crippen molar-refractivity contribution < 1.29 is 0 Å². The molecule has 0 saturated heterocycles. The lowest BCUT2D eigenvalue weighted by Crippen LogP contribution is -2.16. The molecule has 2 nitrogen and oxygen atoms in total. The Morgan fingerprint density at radius 1 is 1.14 bits per heavy atom. The minimum Gasteiger partial charge on any atom is -0.330 e. The summed E-state index contributed by atoms with van der Waals surface area (Å²) in [6, 6.07) is 8.70. The van der Waals surface area contributed by atoms with Crippen molar-refractivity contribution in [3.63, 3.8) is 0 Å². The van der Waals surface area contributed by atoms with Crippen molar-refractivity contribution in [3.05, 3.63) is 35.4 Å². The van der Waals surface area contributed by atoms with E-state index in [4.69, 9.17) is 11.5 Å². The average molecular weight is 192 g/mol. The van der Waals surface area contributed by atoms with Crippen LogP contribution >= 0.6 is 0 Å². The van der Waals surface area contributed by atoms with Crippen molar-refractivity contribution in [3.8, 4) is 0 Å². The van der Waals surface area contributed by atoms with Crippen molar-refractivity contribution in [2.24, 2.45) is 11.5 Å². The second-order valence-electron chi connectivity index (χ2n) is 3.61. The normalized spacial score (nSPS) is 12.8. The molecule has 0 heterocycles. The molecule has 1 unspecified atom stereocenters. The third-order valence-electron chi connectivity index (χ3n) is 2.66. The quantitative estimate of drug-likeness (QED) is 0.745. The molecule has 14 heavy (non-hydrogen) atoms. The molecule has 1 atom stereocenters. The fourth-order valence-electron chi connectivity index (χ4n) is 1.65. The fraction of sp³-hybridized carbons (Fsp3) is 0.500. The standard InChI is InChI=1S/C12H20N2/c1-2-10-3-5-11(6-4-10)12(9-14)7-8-13/h3-6,12H,2,7-9,13-14H2,1H3. The minimum absolute atomic E-state index is 0.422. The summed E-state index contributed by atoms with van der Waals surface area (Å²) in [5.74, 6) is 0.422. The minimum atomic E-state index is 0.422. The molecular formula is C12H20N2. The first-order valence-corrected chi connectivity index (χ1v) is 5.30. The summed E-state index contributed by atoms with van der Waals surface area (Å²) in [4.78, 5) is 0. The molecular weight excluding hydrogens is 172 g/mol. The Morgan fingerprint density at radius 2 is 1.79 bits per heavy atom. The molecule has 78 valence electrons. The van der Waals surface area contributed by atoms with Gasteiger partial charge in [0.05, 0.1) is 0 Å². The predicted octanol–water partition coefficient (Wildman–Crippen LogP) is 1.64. The molecule has 0 radical (unpaired) electrons. The highest BCUT2D eigenvalue weighted by Gasteiger charge is 2.07. The molecule has 0 amide bonds. The lowest BCUT2D eigenvalue weighted by atomic mass is 9.95. The van der Waals surface area contributed by atoms with E-state index in [1.54, 1.807) is 0 Å². The number of rotatable bonds is 5. The van der Waals surface area contributed by atoms with Gasteiger partial charge in [-0.05, 0) is 43.0 Å². The topological polar surface area (TPSA) is 52.0 Å². The first-order chi connectivity index (χ1) is 6.81. The second kappa shape index (κ2) is 5.78. The zero-order valence-electron chi connectivity index (χ0n) is 8.87. The molecule has 1 aromatic carbocycles. The Bertz CT molecular complexity index is 254. The average Bonchev–Trinajstić information content (AvgIpc) is 2.26. The zero-order valence-corrected chi connectivity index (χ0v) is 8.87. The van der Waals surface area contributed by atoms with Crippen LogP contribution in [-0.4, -0.2) is 13.1 Å². The highest BCUT2D eigenvalue weighted by atomic mass is 14.6. The number of nitrogens with two attached hydrogens (primary N) is 2. The van der Waals surface area contributed by atoms with Gasteiger partial charge in [0.1, 0.15) is 0 Å². The molecule has 0 aliphatic carbocycles. The van der Waals surface area contributed by atoms with Gasteiger partial charge in [0.15, 0.2) is 0 Å². The van der Waals surface area contributed by atoms with Crippen LogP contribution in [0.3, 0.4) is 0 Å². The largest absolute Gasteiger partial charge is 0.330 e. The predicted molar refractivity (Wildman–Crippen MR) is 61.3 cm³/mol. The molecule has 0 aliphatic rings. The van der Waals surface area contributed by atoms with Crippen LogP contribution in [0.1, 0.15) is 30.4 Å². The van der Waals surface area contributed by atoms with E-state index in [9.17, 15) is 0 Å². The van der Waals surface area contributed by atoms with Gasteiger partial charge < -0.3 is 11.5 Å². The fourth-order valence-corrected chi connectivity index (χ4v) is 1.65. The first-order valence-electron chi connectivity index (χ1n) is 5.30. The van der Waals surface area contributed by atoms with Gasteiger partial charge in [-0.3, -0.25) is 0 Å². The monoisotopic (exact) mass is 192 g/mol. The third kappa shape index (κ3) is 2.82. The van der Waals surface area contributed by atoms with Crippen molar-refractivity contribution >= 4 is 0 Å². The molecule has 0 saturated carbocycles. The van der Waals surface area contributed by atoms with E-state index in [0.29, 0.717) is 19.0 Å². The SMILES string of the molecule is CCc1ccc(C(CN)CCN)cc1. The van der Waals surface area contributed by atoms with Crippen LogP contribution in [0, 0.1) is 0 Å². The van der Waals surface area contributed by atoms with Gasteiger partial charge in [-0.25, -0.2) is 0 Å². The Labute approximate surface area is 86.3 Å². The van der Waals surface area contributed by atoms with Crippen molar-refractivity contribution in [2.75, 3.05) is 13.1 Å². The molecule has 2 heteroatoms. The maximum Gasteiger partial charge on any atom is -0.000776 e. The van der Waals surface area contributed by atoms with E-state index < -0.39 is 0 Å². The summed E-state index contributed by atoms with van der Waals surface area (Å²) in [5.41, 5.74) is 13.9. The smallest absolute Gasteiger partial charge is 0.000776 e. The Hall–Kier alpha value is -0.860. The summed E-state index contributed by atoms with van der Waals surface area (Å²) in [6.07, 6.45) is 2.06. The van der Waals surface area contributed by atoms with E-state index in [1.165, 1.54) is 11.1 Å². The molecule has 0 fully saturated rings. The highest BCUT2D eigenvalue weighted by Crippen LogP contribution is 2.18. The van der Waals surface area contributed by atoms with Crippen LogP contribution in [0.2, 0.25) is 0 Å². The van der Waals surface area contributed by atoms with Crippen molar-refractivity contribution in [1.82, 2.24) is 0 Å². The van der Waals surface area contributed by atoms with E-state index in [0.717, 1.165) is 12.8 Å². The molecule has 0 aromatic heterocycles. The Balaban J connectivity index is 2.73. The summed E-state index contributed by atoms with van der Waals surface area (Å²) >= 11 is 0. The molecule has 1 aromatic rings. The van der Waals surface area contributed by atoms with Crippen molar-refractivity contribution in [2.45, 2.75) is 25.7 Å². The number of benzene rings is 1. The van der Waals surface area contributed by atoms with E-state index in [2.05, 4.69) is 31.2 Å². The van der Waals surface area contributed by atoms with Gasteiger partial charge in [0, 0.05) is 0 Å². The third-order valence-corrected chi connectivity index (χ3v) is 2.66. The Morgan fingerprint density at radius 3 is 2.21 bits per heavy atom. The number of aryl methyl sites for hydroxylation is 1. The summed E-state index contributed by atoms with van der Waals surface area (Å²) in [5, 5.41) is 0. The summed E-state index contributed by atoms with van der Waals surface area (Å²) < 4.78 is 0. The zero-order chi connectivity index (χ0) is 10.4. The summed E-state index contributed by atoms with van der Waals surface area (Å²) in [6.45, 7) is 3.55. The summed E-state index contributed by atoms with van der Waals surface area (Å²) in [7, 11) is 0. The van der Waals surface area contributed by atoms with Gasteiger partial charge in [0.25, 0.3) is 0 Å². The van der Waals surface area contributed by atoms with E-state index in [1.807, 2.05) is 0 Å². The molecule has 4 N–H and O–H groups in total. The van der Waals surface area contributed by atoms with Gasteiger partial charge in [-0.15, -0.1) is 0 Å². The lowest BCUT2D eigenvalue weighted by molar-refractivity contribution is 0.642. The van der Waals surface area contributed by atoms with Gasteiger partial charge in [0.2, 0.25) is 0 Å². The maximum absolute atomic E-state index is 5.71. The van der Waals surface area contributed by atoms with Gasteiger partial charge in [-0.2, -0.15) is 0 Å². The van der Waals surface area contributed by atoms with Crippen molar-refractivity contribution in [1.29, 1.82) is 0 Å². The van der Waals surface area contributed by atoms with Crippen LogP contribution in [0.5, 0.6) is 0 Å². The first kappa shape index (κ1) is 11.2. The number of hydrogen-bond acceptors (Lipinski definition) is 2. The second-order valence-corrected chi connectivity index (χ2v) is 3.61. The highest BCUT2D eigenvalue weighted by molar-refractivity contribution is 5.25. The van der Waals surface area contributed by atoms with Crippen LogP contribution in [0.4, 0.5) is 0 Å². The maximum atomic E-state index is 5.71. The van der Waals surface area contributed by atoms with Gasteiger partial charge >= 0.3 is 0 Å². The number of hydrogen-bond donors (Lipinski definition) is 2. The Kier molecular flexibility index (Phi) is 4.63. The van der Waals surface area contributed by atoms with E-state index in [-0.39, 0.29) is 0 Å². The van der Waals surface area contributed by atoms with Gasteiger partial charge in [-0.1, -0.05) is 31.2 Å². The van der Waals surface area contributed by atoms with Crippen LogP contribution in [-0.2, 0) is 6.42 Å². The van der Waals surface area contributed by atoms with Crippen LogP contribution in [0.15, 0.2) is 24.3 Å².